The number of sulfonamides is 1. The highest BCUT2D eigenvalue weighted by Crippen LogP contribution is 2.37. The lowest BCUT2D eigenvalue weighted by molar-refractivity contribution is 0.0147. The van der Waals surface area contributed by atoms with Gasteiger partial charge in [0.05, 0.1) is 36.2 Å². The second kappa shape index (κ2) is 8.40. The molecule has 178 valence electrons. The molecule has 0 radical (unpaired) electrons. The Morgan fingerprint density at radius 1 is 1.27 bits per heavy atom. The molecule has 0 atom stereocenters. The van der Waals surface area contributed by atoms with Gasteiger partial charge in [-0.1, -0.05) is 0 Å². The Labute approximate surface area is 198 Å². The summed E-state index contributed by atoms with van der Waals surface area (Å²) in [5.41, 5.74) is -1.43. The predicted molar refractivity (Wildman–Crippen MR) is 127 cm³/mol. The third-order valence-electron chi connectivity index (χ3n) is 5.91. The van der Waals surface area contributed by atoms with Crippen LogP contribution in [0.2, 0.25) is 0 Å². The summed E-state index contributed by atoms with van der Waals surface area (Å²) in [5.74, 6) is 0. The summed E-state index contributed by atoms with van der Waals surface area (Å²) in [5, 5.41) is 4.18. The standard InChI is InChI=1S/C20H25N5O5S3/c1-12-22-10-14(31-12)11-25-17(26)15-7-16(33(28,29)23-20(2)3-4-20)32-18(15)24(19(25)27)5-6-30-13-8-21-9-13/h7,10,13,21,23H,3-6,8-9,11H2,1-2H3. The van der Waals surface area contributed by atoms with Crippen molar-refractivity contribution in [2.24, 2.45) is 0 Å². The van der Waals surface area contributed by atoms with Crippen molar-refractivity contribution >= 4 is 42.9 Å². The summed E-state index contributed by atoms with van der Waals surface area (Å²) < 4.78 is 37.1. The molecule has 1 saturated carbocycles. The van der Waals surface area contributed by atoms with Crippen molar-refractivity contribution in [2.45, 2.75) is 55.6 Å². The molecule has 1 aliphatic heterocycles. The topological polar surface area (TPSA) is 124 Å². The fraction of sp³-hybridized carbons (Fsp3) is 0.550. The average Bonchev–Trinajstić information content (AvgIpc) is 3.11. The van der Waals surface area contributed by atoms with Crippen LogP contribution >= 0.6 is 22.7 Å². The van der Waals surface area contributed by atoms with E-state index in [9.17, 15) is 18.0 Å². The zero-order valence-corrected chi connectivity index (χ0v) is 20.7. The Balaban J connectivity index is 1.57. The van der Waals surface area contributed by atoms with E-state index in [4.69, 9.17) is 4.74 Å². The Hall–Kier alpha value is -1.90. The summed E-state index contributed by atoms with van der Waals surface area (Å²) in [4.78, 5) is 32.0. The molecule has 0 aromatic carbocycles. The SMILES string of the molecule is Cc1ncc(Cn2c(=O)c3cc(S(=O)(=O)NC4(C)CC4)sc3n(CCOC3CNC3)c2=O)s1. The predicted octanol–water partition coefficient (Wildman–Crippen LogP) is 0.857. The van der Waals surface area contributed by atoms with Gasteiger partial charge in [0.2, 0.25) is 0 Å². The second-order valence-electron chi connectivity index (χ2n) is 8.77. The van der Waals surface area contributed by atoms with Crippen molar-refractivity contribution in [3.8, 4) is 0 Å². The molecule has 5 rings (SSSR count). The summed E-state index contributed by atoms with van der Waals surface area (Å²) in [6, 6.07) is 1.39. The molecule has 4 heterocycles. The van der Waals surface area contributed by atoms with Gasteiger partial charge in [-0.3, -0.25) is 13.9 Å². The molecule has 0 unspecified atom stereocenters. The summed E-state index contributed by atoms with van der Waals surface area (Å²) in [7, 11) is -3.80. The molecule has 0 amide bonds. The van der Waals surface area contributed by atoms with Crippen LogP contribution in [0.3, 0.4) is 0 Å². The number of hydrogen-bond donors (Lipinski definition) is 2. The number of thiophene rings is 1. The van der Waals surface area contributed by atoms with Gasteiger partial charge >= 0.3 is 5.69 Å². The van der Waals surface area contributed by atoms with Gasteiger partial charge in [0, 0.05) is 29.7 Å². The van der Waals surface area contributed by atoms with E-state index in [2.05, 4.69) is 15.0 Å². The zero-order valence-electron chi connectivity index (χ0n) is 18.3. The number of fused-ring (bicyclic) bond motifs is 1. The number of ether oxygens (including phenoxy) is 1. The fourth-order valence-corrected chi connectivity index (χ4v) is 7.35. The molecule has 2 fully saturated rings. The van der Waals surface area contributed by atoms with Gasteiger partial charge in [0.15, 0.2) is 0 Å². The van der Waals surface area contributed by atoms with Gasteiger partial charge in [-0.2, -0.15) is 0 Å². The Kier molecular flexibility index (Phi) is 5.82. The van der Waals surface area contributed by atoms with Gasteiger partial charge in [0.1, 0.15) is 9.04 Å². The van der Waals surface area contributed by atoms with Crippen LogP contribution in [0.25, 0.3) is 10.2 Å². The highest BCUT2D eigenvalue weighted by Gasteiger charge is 2.41. The molecule has 1 saturated heterocycles. The highest BCUT2D eigenvalue weighted by molar-refractivity contribution is 7.91. The lowest BCUT2D eigenvalue weighted by Crippen LogP contribution is -2.49. The number of aromatic nitrogens is 3. The van der Waals surface area contributed by atoms with Gasteiger partial charge < -0.3 is 10.1 Å². The van der Waals surface area contributed by atoms with Crippen LogP contribution in [0, 0.1) is 6.92 Å². The average molecular weight is 512 g/mol. The van der Waals surface area contributed by atoms with E-state index in [1.165, 1.54) is 22.0 Å². The Morgan fingerprint density at radius 3 is 2.64 bits per heavy atom. The summed E-state index contributed by atoms with van der Waals surface area (Å²) in [6.45, 7) is 5.83. The molecule has 0 spiro atoms. The minimum Gasteiger partial charge on any atom is -0.374 e. The molecule has 2 aliphatic rings. The van der Waals surface area contributed by atoms with Gasteiger partial charge in [-0.25, -0.2) is 22.9 Å². The van der Waals surface area contributed by atoms with Crippen LogP contribution in [0.15, 0.2) is 26.1 Å². The van der Waals surface area contributed by atoms with Gasteiger partial charge in [-0.15, -0.1) is 22.7 Å². The van der Waals surface area contributed by atoms with Crippen molar-refractivity contribution in [3.05, 3.63) is 43.0 Å². The number of aryl methyl sites for hydroxylation is 1. The second-order valence-corrected chi connectivity index (χ2v) is 13.0. The molecule has 33 heavy (non-hydrogen) atoms. The molecule has 13 heteroatoms. The van der Waals surface area contributed by atoms with Crippen molar-refractivity contribution in [3.63, 3.8) is 0 Å². The highest BCUT2D eigenvalue weighted by atomic mass is 32.2. The minimum atomic E-state index is -3.80. The van der Waals surface area contributed by atoms with E-state index in [1.807, 2.05) is 13.8 Å². The van der Waals surface area contributed by atoms with Crippen LogP contribution in [0.4, 0.5) is 0 Å². The number of rotatable bonds is 9. The number of hydrogen-bond acceptors (Lipinski definition) is 9. The third-order valence-corrected chi connectivity index (χ3v) is 10.1. The number of nitrogens with zero attached hydrogens (tertiary/aromatic N) is 3. The first-order valence-electron chi connectivity index (χ1n) is 10.7. The van der Waals surface area contributed by atoms with Crippen molar-refractivity contribution in [1.82, 2.24) is 24.2 Å². The molecular weight excluding hydrogens is 486 g/mol. The van der Waals surface area contributed by atoms with Crippen LogP contribution in [-0.2, 0) is 27.8 Å². The number of nitrogens with one attached hydrogen (secondary N) is 2. The van der Waals surface area contributed by atoms with Gasteiger partial charge in [-0.05, 0) is 32.8 Å². The Bertz CT molecular complexity index is 1430. The van der Waals surface area contributed by atoms with Gasteiger partial charge in [0.25, 0.3) is 15.6 Å². The van der Waals surface area contributed by atoms with E-state index in [1.54, 1.807) is 6.20 Å². The van der Waals surface area contributed by atoms with Crippen molar-refractivity contribution in [2.75, 3.05) is 19.7 Å². The van der Waals surface area contributed by atoms with Crippen LogP contribution in [0.5, 0.6) is 0 Å². The fourth-order valence-electron chi connectivity index (χ4n) is 3.64. The van der Waals surface area contributed by atoms with Crippen LogP contribution in [-0.4, -0.2) is 53.9 Å². The van der Waals surface area contributed by atoms with E-state index in [0.29, 0.717) is 4.83 Å². The maximum absolute atomic E-state index is 13.4. The lowest BCUT2D eigenvalue weighted by atomic mass is 10.2. The van der Waals surface area contributed by atoms with Crippen LogP contribution in [0.1, 0.15) is 29.7 Å². The summed E-state index contributed by atoms with van der Waals surface area (Å²) in [6.07, 6.45) is 3.30. The smallest absolute Gasteiger partial charge is 0.332 e. The molecule has 2 N–H and O–H groups in total. The minimum absolute atomic E-state index is 0.0337. The normalized spacial score (nSPS) is 18.0. The number of thiazole rings is 1. The molecule has 10 nitrogen and oxygen atoms in total. The zero-order chi connectivity index (χ0) is 23.4. The van der Waals surface area contributed by atoms with Crippen molar-refractivity contribution < 1.29 is 13.2 Å². The van der Waals surface area contributed by atoms with Crippen LogP contribution < -0.4 is 21.3 Å². The van der Waals surface area contributed by atoms with E-state index >= 15 is 0 Å². The maximum atomic E-state index is 13.4. The van der Waals surface area contributed by atoms with E-state index in [-0.39, 0.29) is 35.4 Å². The third kappa shape index (κ3) is 4.57. The molecule has 3 aromatic rings. The first kappa shape index (κ1) is 22.9. The molecule has 1 aliphatic carbocycles. The monoisotopic (exact) mass is 511 g/mol. The van der Waals surface area contributed by atoms with Crippen molar-refractivity contribution in [1.29, 1.82) is 0 Å². The quantitative estimate of drug-likeness (QED) is 0.437. The maximum Gasteiger partial charge on any atom is 0.332 e. The van der Waals surface area contributed by atoms with E-state index < -0.39 is 26.8 Å². The largest absolute Gasteiger partial charge is 0.374 e. The summed E-state index contributed by atoms with van der Waals surface area (Å²) >= 11 is 2.36. The molecule has 3 aromatic heterocycles. The van der Waals surface area contributed by atoms with E-state index in [0.717, 1.165) is 51.7 Å². The molecular formula is C20H25N5O5S3. The lowest BCUT2D eigenvalue weighted by Gasteiger charge is -2.27. The first-order chi connectivity index (χ1) is 15.7. The first-order valence-corrected chi connectivity index (χ1v) is 13.8. The Morgan fingerprint density at radius 2 is 2.03 bits per heavy atom. The molecule has 0 bridgehead atoms.